The molecule has 1 unspecified atom stereocenters. The van der Waals surface area contributed by atoms with E-state index in [0.717, 1.165) is 32.0 Å². The summed E-state index contributed by atoms with van der Waals surface area (Å²) in [6.07, 6.45) is 7.71. The number of aromatic nitrogens is 2. The highest BCUT2D eigenvalue weighted by molar-refractivity contribution is 6.19. The first-order valence-corrected chi connectivity index (χ1v) is 9.86. The van der Waals surface area contributed by atoms with E-state index in [1.807, 2.05) is 13.0 Å². The zero-order valence-electron chi connectivity index (χ0n) is 17.5. The van der Waals surface area contributed by atoms with Crippen LogP contribution in [0.1, 0.15) is 62.5 Å². The number of nitriles is 1. The third kappa shape index (κ3) is 4.92. The summed E-state index contributed by atoms with van der Waals surface area (Å²) in [7, 11) is 0. The van der Waals surface area contributed by atoms with E-state index in [2.05, 4.69) is 33.6 Å². The molecule has 0 radical (unpaired) electrons. The fourth-order valence-corrected chi connectivity index (χ4v) is 3.17. The van der Waals surface area contributed by atoms with Crippen molar-refractivity contribution in [2.24, 2.45) is 15.9 Å². The number of aliphatic imine (C=N–C) groups is 2. The molecule has 8 heteroatoms. The molecule has 1 atom stereocenters. The number of allylic oxidation sites excluding steroid dienone is 2. The molecule has 1 aromatic rings. The van der Waals surface area contributed by atoms with Crippen molar-refractivity contribution in [2.45, 2.75) is 46.5 Å². The second-order valence-electron chi connectivity index (χ2n) is 6.89. The van der Waals surface area contributed by atoms with Gasteiger partial charge in [-0.3, -0.25) is 9.79 Å². The first-order chi connectivity index (χ1) is 14.5. The SMILES string of the molecule is C=NC=NC1=C(C)C(=O)c2ncncc2/C1=C(/C#N)C(=O)OCC(CC)CCCC. The van der Waals surface area contributed by atoms with Crippen LogP contribution in [0.4, 0.5) is 0 Å². The standard InChI is InChI=1S/C22H25N5O3/c1-5-7-8-15(6-2)11-30-22(29)16(9-23)18-17-10-25-13-27-20(17)21(28)14(3)19(18)26-12-24-4/h10,12-13,15H,4-8,11H2,1-3H3/b18-16+,26-12?. The van der Waals surface area contributed by atoms with Crippen molar-refractivity contribution < 1.29 is 14.3 Å². The van der Waals surface area contributed by atoms with Crippen LogP contribution in [-0.4, -0.2) is 41.4 Å². The Hall–Kier alpha value is -3.47. The van der Waals surface area contributed by atoms with E-state index >= 15 is 0 Å². The lowest BCUT2D eigenvalue weighted by molar-refractivity contribution is -0.139. The van der Waals surface area contributed by atoms with Crippen LogP contribution >= 0.6 is 0 Å². The molecule has 1 aliphatic rings. The number of hydrogen-bond acceptors (Lipinski definition) is 7. The Labute approximate surface area is 176 Å². The van der Waals surface area contributed by atoms with Gasteiger partial charge in [0.1, 0.15) is 30.0 Å². The van der Waals surface area contributed by atoms with E-state index in [1.54, 1.807) is 6.92 Å². The van der Waals surface area contributed by atoms with E-state index in [-0.39, 0.29) is 52.0 Å². The second kappa shape index (κ2) is 10.9. The van der Waals surface area contributed by atoms with Crippen LogP contribution in [0.15, 0.2) is 39.4 Å². The maximum atomic E-state index is 12.8. The summed E-state index contributed by atoms with van der Waals surface area (Å²) in [5.74, 6) is -0.899. The van der Waals surface area contributed by atoms with Gasteiger partial charge in [-0.05, 0) is 26.0 Å². The normalized spacial score (nSPS) is 16.1. The van der Waals surface area contributed by atoms with Crippen LogP contribution in [0.25, 0.3) is 5.57 Å². The van der Waals surface area contributed by atoms with Crippen LogP contribution in [0.2, 0.25) is 0 Å². The number of rotatable bonds is 9. The zero-order valence-corrected chi connectivity index (χ0v) is 17.5. The number of esters is 1. The van der Waals surface area contributed by atoms with Crippen molar-refractivity contribution in [3.05, 3.63) is 40.6 Å². The molecule has 0 fully saturated rings. The summed E-state index contributed by atoms with van der Waals surface area (Å²) in [4.78, 5) is 41.2. The minimum absolute atomic E-state index is 0.109. The van der Waals surface area contributed by atoms with Crippen LogP contribution in [0.5, 0.6) is 0 Å². The third-order valence-electron chi connectivity index (χ3n) is 4.96. The molecule has 0 saturated heterocycles. The highest BCUT2D eigenvalue weighted by Gasteiger charge is 2.33. The van der Waals surface area contributed by atoms with E-state index in [9.17, 15) is 14.9 Å². The number of unbranched alkanes of at least 4 members (excludes halogenated alkanes) is 1. The maximum absolute atomic E-state index is 12.8. The summed E-state index contributed by atoms with van der Waals surface area (Å²) < 4.78 is 5.47. The van der Waals surface area contributed by atoms with Crippen LogP contribution < -0.4 is 0 Å². The highest BCUT2D eigenvalue weighted by atomic mass is 16.5. The summed E-state index contributed by atoms with van der Waals surface area (Å²) in [6.45, 7) is 9.26. The van der Waals surface area contributed by atoms with Crippen molar-refractivity contribution in [3.63, 3.8) is 0 Å². The zero-order chi connectivity index (χ0) is 22.1. The van der Waals surface area contributed by atoms with Gasteiger partial charge in [-0.15, -0.1) is 0 Å². The maximum Gasteiger partial charge on any atom is 0.349 e. The number of ether oxygens (including phenoxy) is 1. The predicted molar refractivity (Wildman–Crippen MR) is 114 cm³/mol. The summed E-state index contributed by atoms with van der Waals surface area (Å²) in [6, 6.07) is 1.92. The van der Waals surface area contributed by atoms with Gasteiger partial charge in [0.25, 0.3) is 0 Å². The van der Waals surface area contributed by atoms with Gasteiger partial charge >= 0.3 is 5.97 Å². The smallest absolute Gasteiger partial charge is 0.349 e. The monoisotopic (exact) mass is 407 g/mol. The molecule has 156 valence electrons. The predicted octanol–water partition coefficient (Wildman–Crippen LogP) is 3.71. The number of hydrogen-bond donors (Lipinski definition) is 0. The fourth-order valence-electron chi connectivity index (χ4n) is 3.17. The van der Waals surface area contributed by atoms with E-state index in [4.69, 9.17) is 4.74 Å². The van der Waals surface area contributed by atoms with Crippen molar-refractivity contribution in [2.75, 3.05) is 6.61 Å². The van der Waals surface area contributed by atoms with Gasteiger partial charge in [-0.2, -0.15) is 5.26 Å². The number of ketones is 1. The Bertz CT molecular complexity index is 969. The number of carbonyl (C=O) groups is 2. The Balaban J connectivity index is 2.52. The summed E-state index contributed by atoms with van der Waals surface area (Å²) in [5.41, 5.74) is 0.678. The molecule has 2 rings (SSSR count). The first kappa shape index (κ1) is 22.8. The van der Waals surface area contributed by atoms with Crippen molar-refractivity contribution >= 4 is 30.4 Å². The molecule has 1 aromatic heterocycles. The molecular formula is C22H25N5O3. The van der Waals surface area contributed by atoms with E-state index < -0.39 is 5.97 Å². The van der Waals surface area contributed by atoms with Gasteiger partial charge in [-0.25, -0.2) is 19.8 Å². The molecule has 0 aliphatic heterocycles. The van der Waals surface area contributed by atoms with E-state index in [0.29, 0.717) is 0 Å². The molecule has 0 spiro atoms. The Kier molecular flexibility index (Phi) is 8.29. The van der Waals surface area contributed by atoms with Crippen molar-refractivity contribution in [1.82, 2.24) is 9.97 Å². The lowest BCUT2D eigenvalue weighted by Crippen LogP contribution is -2.20. The second-order valence-corrected chi connectivity index (χ2v) is 6.89. The summed E-state index contributed by atoms with van der Waals surface area (Å²) >= 11 is 0. The average Bonchev–Trinajstić information content (AvgIpc) is 2.77. The van der Waals surface area contributed by atoms with Gasteiger partial charge in [0.2, 0.25) is 5.78 Å². The fraction of sp³-hybridized carbons (Fsp3) is 0.409. The van der Waals surface area contributed by atoms with Gasteiger partial charge in [0.05, 0.1) is 12.3 Å². The number of nitrogens with zero attached hydrogens (tertiary/aromatic N) is 5. The number of fused-ring (bicyclic) bond motifs is 1. The molecule has 8 nitrogen and oxygen atoms in total. The molecule has 0 saturated carbocycles. The Morgan fingerprint density at radius 3 is 2.83 bits per heavy atom. The molecule has 1 aliphatic carbocycles. The molecule has 0 aromatic carbocycles. The third-order valence-corrected chi connectivity index (χ3v) is 4.96. The van der Waals surface area contributed by atoms with Gasteiger partial charge < -0.3 is 4.74 Å². The van der Waals surface area contributed by atoms with Gasteiger partial charge in [0.15, 0.2) is 0 Å². The summed E-state index contributed by atoms with van der Waals surface area (Å²) in [5, 5.41) is 9.79. The first-order valence-electron chi connectivity index (χ1n) is 9.86. The van der Waals surface area contributed by atoms with E-state index in [1.165, 1.54) is 12.5 Å². The largest absolute Gasteiger partial charge is 0.461 e. The number of carbonyl (C=O) groups excluding carboxylic acids is 2. The Morgan fingerprint density at radius 2 is 2.20 bits per heavy atom. The van der Waals surface area contributed by atoms with Crippen molar-refractivity contribution in [3.8, 4) is 6.07 Å². The molecule has 0 bridgehead atoms. The van der Waals surface area contributed by atoms with Crippen molar-refractivity contribution in [1.29, 1.82) is 5.26 Å². The lowest BCUT2D eigenvalue weighted by Gasteiger charge is -2.20. The highest BCUT2D eigenvalue weighted by Crippen LogP contribution is 2.37. The minimum Gasteiger partial charge on any atom is -0.461 e. The Morgan fingerprint density at radius 1 is 1.43 bits per heavy atom. The minimum atomic E-state index is -0.765. The molecular weight excluding hydrogens is 382 g/mol. The van der Waals surface area contributed by atoms with Crippen LogP contribution in [-0.2, 0) is 9.53 Å². The molecule has 30 heavy (non-hydrogen) atoms. The molecule has 1 heterocycles. The van der Waals surface area contributed by atoms with Crippen LogP contribution in [0, 0.1) is 17.2 Å². The van der Waals surface area contributed by atoms with Crippen LogP contribution in [0.3, 0.4) is 0 Å². The molecule has 0 amide bonds. The topological polar surface area (TPSA) is 118 Å². The quantitative estimate of drug-likeness (QED) is 0.202. The van der Waals surface area contributed by atoms with Gasteiger partial charge in [-0.1, -0.05) is 33.1 Å². The van der Waals surface area contributed by atoms with Gasteiger partial charge in [0, 0.05) is 22.9 Å². The lowest BCUT2D eigenvalue weighted by atomic mass is 9.86. The average molecular weight is 407 g/mol. The number of Topliss-reactive ketones (excluding diaryl/α,β-unsaturated/α-hetero) is 1. The molecule has 0 N–H and O–H groups in total.